The van der Waals surface area contributed by atoms with Crippen LogP contribution in [0.4, 0.5) is 0 Å². The van der Waals surface area contributed by atoms with Crippen molar-refractivity contribution in [2.24, 2.45) is 10.4 Å². The van der Waals surface area contributed by atoms with Crippen LogP contribution in [0.1, 0.15) is 37.7 Å². The van der Waals surface area contributed by atoms with Crippen LogP contribution in [0, 0.1) is 5.41 Å². The van der Waals surface area contributed by atoms with Crippen LogP contribution in [-0.2, 0) is 11.3 Å². The summed E-state index contributed by atoms with van der Waals surface area (Å²) in [6, 6.07) is 8.08. The summed E-state index contributed by atoms with van der Waals surface area (Å²) in [6.07, 6.45) is 6.30. The van der Waals surface area contributed by atoms with E-state index in [1.807, 2.05) is 25.2 Å². The van der Waals surface area contributed by atoms with E-state index in [1.165, 1.54) is 31.2 Å². The van der Waals surface area contributed by atoms with Crippen LogP contribution in [0.15, 0.2) is 29.3 Å². The molecule has 0 spiro atoms. The SMILES string of the molecule is CN=C(NCc1cccc(OC)c1)NCC1(CCOC)CCCC1.I. The molecule has 0 unspecified atom stereocenters. The first-order valence-corrected chi connectivity index (χ1v) is 8.78. The van der Waals surface area contributed by atoms with E-state index in [9.17, 15) is 0 Å². The van der Waals surface area contributed by atoms with Crippen LogP contribution in [0.3, 0.4) is 0 Å². The third-order valence-electron chi connectivity index (χ3n) is 4.95. The summed E-state index contributed by atoms with van der Waals surface area (Å²) < 4.78 is 10.6. The van der Waals surface area contributed by atoms with Crippen molar-refractivity contribution in [3.63, 3.8) is 0 Å². The Kier molecular flexibility index (Phi) is 10.2. The van der Waals surface area contributed by atoms with Crippen molar-refractivity contribution in [2.75, 3.05) is 34.4 Å². The van der Waals surface area contributed by atoms with Gasteiger partial charge in [-0.25, -0.2) is 0 Å². The Morgan fingerprint density at radius 3 is 2.60 bits per heavy atom. The smallest absolute Gasteiger partial charge is 0.191 e. The third-order valence-corrected chi connectivity index (χ3v) is 4.95. The van der Waals surface area contributed by atoms with Gasteiger partial charge in [0.05, 0.1) is 7.11 Å². The van der Waals surface area contributed by atoms with Crippen LogP contribution < -0.4 is 15.4 Å². The van der Waals surface area contributed by atoms with E-state index in [0.717, 1.165) is 37.8 Å². The van der Waals surface area contributed by atoms with Gasteiger partial charge in [0.2, 0.25) is 0 Å². The van der Waals surface area contributed by atoms with Crippen LogP contribution in [0.5, 0.6) is 5.75 Å². The Labute approximate surface area is 169 Å². The maximum absolute atomic E-state index is 5.30. The lowest BCUT2D eigenvalue weighted by Gasteiger charge is -2.30. The predicted octanol–water partition coefficient (Wildman–Crippen LogP) is 3.58. The number of nitrogens with zero attached hydrogens (tertiary/aromatic N) is 1. The van der Waals surface area contributed by atoms with Gasteiger partial charge in [0.25, 0.3) is 0 Å². The molecule has 1 aromatic rings. The molecule has 25 heavy (non-hydrogen) atoms. The fraction of sp³-hybridized carbons (Fsp3) is 0.632. The highest BCUT2D eigenvalue weighted by Crippen LogP contribution is 2.40. The molecule has 2 N–H and O–H groups in total. The summed E-state index contributed by atoms with van der Waals surface area (Å²) in [7, 11) is 5.29. The zero-order valence-corrected chi connectivity index (χ0v) is 18.0. The number of hydrogen-bond donors (Lipinski definition) is 2. The van der Waals surface area contributed by atoms with E-state index in [0.29, 0.717) is 5.41 Å². The van der Waals surface area contributed by atoms with Crippen molar-refractivity contribution < 1.29 is 9.47 Å². The Hall–Kier alpha value is -1.02. The summed E-state index contributed by atoms with van der Waals surface area (Å²) in [5.41, 5.74) is 1.52. The number of aliphatic imine (C=N–C) groups is 1. The predicted molar refractivity (Wildman–Crippen MR) is 114 cm³/mol. The second kappa shape index (κ2) is 11.6. The molecule has 2 rings (SSSR count). The Morgan fingerprint density at radius 1 is 1.20 bits per heavy atom. The Bertz CT molecular complexity index is 531. The number of halogens is 1. The molecular formula is C19H32IN3O2. The van der Waals surface area contributed by atoms with Crippen LogP contribution >= 0.6 is 24.0 Å². The molecule has 1 saturated carbocycles. The summed E-state index contributed by atoms with van der Waals surface area (Å²) in [6.45, 7) is 2.51. The molecule has 142 valence electrons. The van der Waals surface area contributed by atoms with E-state index in [1.54, 1.807) is 14.2 Å². The second-order valence-electron chi connectivity index (χ2n) is 6.58. The molecule has 0 heterocycles. The van der Waals surface area contributed by atoms with Crippen LogP contribution in [0.25, 0.3) is 0 Å². The molecule has 1 aliphatic rings. The van der Waals surface area contributed by atoms with Crippen LogP contribution in [-0.4, -0.2) is 40.4 Å². The van der Waals surface area contributed by atoms with Gasteiger partial charge in [-0.3, -0.25) is 4.99 Å². The quantitative estimate of drug-likeness (QED) is 0.353. The zero-order chi connectivity index (χ0) is 17.3. The standard InChI is InChI=1S/C19H31N3O2.HI/c1-20-18(21-14-16-7-6-8-17(13-16)24-3)22-15-19(11-12-23-2)9-4-5-10-19;/h6-8,13H,4-5,9-12,14-15H2,1-3H3,(H2,20,21,22);1H. The maximum Gasteiger partial charge on any atom is 0.191 e. The number of rotatable bonds is 8. The molecular weight excluding hydrogens is 429 g/mol. The molecule has 0 atom stereocenters. The van der Waals surface area contributed by atoms with Gasteiger partial charge in [-0.1, -0.05) is 25.0 Å². The van der Waals surface area contributed by atoms with Gasteiger partial charge >= 0.3 is 0 Å². The summed E-state index contributed by atoms with van der Waals surface area (Å²) in [5.74, 6) is 1.73. The molecule has 6 heteroatoms. The number of nitrogens with one attached hydrogen (secondary N) is 2. The van der Waals surface area contributed by atoms with Gasteiger partial charge in [-0.2, -0.15) is 0 Å². The average Bonchev–Trinajstić information content (AvgIpc) is 3.09. The minimum atomic E-state index is 0. The molecule has 0 radical (unpaired) electrons. The molecule has 0 amide bonds. The topological polar surface area (TPSA) is 54.9 Å². The fourth-order valence-corrected chi connectivity index (χ4v) is 3.42. The van der Waals surface area contributed by atoms with E-state index in [2.05, 4.69) is 21.7 Å². The van der Waals surface area contributed by atoms with Gasteiger partial charge in [0.15, 0.2) is 5.96 Å². The average molecular weight is 461 g/mol. The first-order chi connectivity index (χ1) is 11.7. The first-order valence-electron chi connectivity index (χ1n) is 8.78. The highest BCUT2D eigenvalue weighted by Gasteiger charge is 2.33. The second-order valence-corrected chi connectivity index (χ2v) is 6.58. The highest BCUT2D eigenvalue weighted by molar-refractivity contribution is 14.0. The van der Waals surface area contributed by atoms with Crippen molar-refractivity contribution in [2.45, 2.75) is 38.6 Å². The maximum atomic E-state index is 5.30. The highest BCUT2D eigenvalue weighted by atomic mass is 127. The van der Waals surface area contributed by atoms with Gasteiger partial charge in [0.1, 0.15) is 5.75 Å². The summed E-state index contributed by atoms with van der Waals surface area (Å²) in [5, 5.41) is 6.90. The van der Waals surface area contributed by atoms with E-state index < -0.39 is 0 Å². The molecule has 5 nitrogen and oxygen atoms in total. The minimum absolute atomic E-state index is 0. The van der Waals surface area contributed by atoms with Crippen molar-refractivity contribution in [1.82, 2.24) is 10.6 Å². The van der Waals surface area contributed by atoms with Gasteiger partial charge in [-0.05, 0) is 42.4 Å². The van der Waals surface area contributed by atoms with Crippen molar-refractivity contribution in [1.29, 1.82) is 0 Å². The van der Waals surface area contributed by atoms with Crippen LogP contribution in [0.2, 0.25) is 0 Å². The number of ether oxygens (including phenoxy) is 2. The number of guanidine groups is 1. The van der Waals surface area contributed by atoms with E-state index >= 15 is 0 Å². The molecule has 1 aromatic carbocycles. The molecule has 0 saturated heterocycles. The number of methoxy groups -OCH3 is 2. The lowest BCUT2D eigenvalue weighted by atomic mass is 9.83. The summed E-state index contributed by atoms with van der Waals surface area (Å²) in [4.78, 5) is 4.35. The molecule has 0 aliphatic heterocycles. The van der Waals surface area contributed by atoms with Crippen molar-refractivity contribution in [3.8, 4) is 5.75 Å². The monoisotopic (exact) mass is 461 g/mol. The van der Waals surface area contributed by atoms with Crippen molar-refractivity contribution >= 4 is 29.9 Å². The van der Waals surface area contributed by atoms with Gasteiger partial charge in [-0.15, -0.1) is 24.0 Å². The Balaban J connectivity index is 0.00000312. The fourth-order valence-electron chi connectivity index (χ4n) is 3.42. The Morgan fingerprint density at radius 2 is 1.96 bits per heavy atom. The summed E-state index contributed by atoms with van der Waals surface area (Å²) >= 11 is 0. The molecule has 0 aromatic heterocycles. The number of benzene rings is 1. The number of hydrogen-bond acceptors (Lipinski definition) is 3. The first kappa shape index (κ1) is 22.0. The lowest BCUT2D eigenvalue weighted by molar-refractivity contribution is 0.138. The molecule has 0 bridgehead atoms. The normalized spacial score (nSPS) is 16.2. The van der Waals surface area contributed by atoms with Crippen molar-refractivity contribution in [3.05, 3.63) is 29.8 Å². The van der Waals surface area contributed by atoms with Gasteiger partial charge in [0, 0.05) is 33.9 Å². The third kappa shape index (κ3) is 7.01. The van der Waals surface area contributed by atoms with Gasteiger partial charge < -0.3 is 20.1 Å². The zero-order valence-electron chi connectivity index (χ0n) is 15.6. The molecule has 1 aliphatic carbocycles. The molecule has 1 fully saturated rings. The van der Waals surface area contributed by atoms with E-state index in [-0.39, 0.29) is 24.0 Å². The largest absolute Gasteiger partial charge is 0.497 e. The lowest BCUT2D eigenvalue weighted by Crippen LogP contribution is -2.43. The minimum Gasteiger partial charge on any atom is -0.497 e. The van der Waals surface area contributed by atoms with E-state index in [4.69, 9.17) is 9.47 Å².